The standard InChI is InChI=1S/C8H9N3/c9-4-6-5-11-8-7(6)2-1-3-10-8/h1-3,5H,4,9H2,(H,10,11). The Morgan fingerprint density at radius 3 is 3.27 bits per heavy atom. The van der Waals surface area contributed by atoms with Crippen LogP contribution in [0.3, 0.4) is 0 Å². The number of pyridine rings is 1. The van der Waals surface area contributed by atoms with Gasteiger partial charge in [0.05, 0.1) is 0 Å². The summed E-state index contributed by atoms with van der Waals surface area (Å²) < 4.78 is 0. The van der Waals surface area contributed by atoms with Crippen molar-refractivity contribution >= 4 is 11.0 Å². The fourth-order valence-electron chi connectivity index (χ4n) is 1.18. The lowest BCUT2D eigenvalue weighted by molar-refractivity contribution is 1.08. The fourth-order valence-corrected chi connectivity index (χ4v) is 1.18. The minimum Gasteiger partial charge on any atom is -0.346 e. The SMILES string of the molecule is NCc1c[nH]c2ncccc12. The zero-order valence-corrected chi connectivity index (χ0v) is 6.04. The molecule has 0 spiro atoms. The molecule has 2 aromatic heterocycles. The third-order valence-electron chi connectivity index (χ3n) is 1.76. The van der Waals surface area contributed by atoms with Gasteiger partial charge in [-0.15, -0.1) is 0 Å². The van der Waals surface area contributed by atoms with Gasteiger partial charge < -0.3 is 10.7 Å². The summed E-state index contributed by atoms with van der Waals surface area (Å²) in [7, 11) is 0. The Balaban J connectivity index is 2.76. The highest BCUT2D eigenvalue weighted by Crippen LogP contribution is 2.13. The largest absolute Gasteiger partial charge is 0.346 e. The second kappa shape index (κ2) is 2.36. The number of nitrogens with zero attached hydrogens (tertiary/aromatic N) is 1. The molecule has 0 fully saturated rings. The first-order chi connectivity index (χ1) is 5.42. The Bertz CT molecular complexity index is 364. The van der Waals surface area contributed by atoms with Crippen LogP contribution in [-0.2, 0) is 6.54 Å². The molecule has 0 aliphatic heterocycles. The van der Waals surface area contributed by atoms with Crippen LogP contribution >= 0.6 is 0 Å². The van der Waals surface area contributed by atoms with Crippen molar-refractivity contribution in [2.45, 2.75) is 6.54 Å². The van der Waals surface area contributed by atoms with Crippen molar-refractivity contribution in [1.29, 1.82) is 0 Å². The minimum atomic E-state index is 0.561. The predicted molar refractivity (Wildman–Crippen MR) is 44.0 cm³/mol. The van der Waals surface area contributed by atoms with Crippen LogP contribution in [0.2, 0.25) is 0 Å². The molecule has 3 heteroatoms. The van der Waals surface area contributed by atoms with E-state index in [0.717, 1.165) is 16.6 Å². The zero-order chi connectivity index (χ0) is 7.68. The average molecular weight is 147 g/mol. The maximum absolute atomic E-state index is 5.51. The lowest BCUT2D eigenvalue weighted by Crippen LogP contribution is -1.93. The number of fused-ring (bicyclic) bond motifs is 1. The first-order valence-corrected chi connectivity index (χ1v) is 3.53. The topological polar surface area (TPSA) is 54.7 Å². The molecule has 56 valence electrons. The average Bonchev–Trinajstić information content (AvgIpc) is 2.47. The number of H-pyrrole nitrogens is 1. The number of hydrogen-bond donors (Lipinski definition) is 2. The first kappa shape index (κ1) is 6.37. The summed E-state index contributed by atoms with van der Waals surface area (Å²) in [5, 5.41) is 1.12. The van der Waals surface area contributed by atoms with Crippen molar-refractivity contribution in [3.05, 3.63) is 30.1 Å². The van der Waals surface area contributed by atoms with Gasteiger partial charge in [-0.3, -0.25) is 0 Å². The fraction of sp³-hybridized carbons (Fsp3) is 0.125. The lowest BCUT2D eigenvalue weighted by atomic mass is 10.2. The quantitative estimate of drug-likeness (QED) is 0.632. The number of nitrogens with one attached hydrogen (secondary N) is 1. The molecule has 0 aliphatic carbocycles. The predicted octanol–water partition coefficient (Wildman–Crippen LogP) is 1.02. The molecule has 0 bridgehead atoms. The van der Waals surface area contributed by atoms with Crippen molar-refractivity contribution < 1.29 is 0 Å². The molecular formula is C8H9N3. The van der Waals surface area contributed by atoms with Gasteiger partial charge in [0, 0.05) is 24.3 Å². The van der Waals surface area contributed by atoms with E-state index in [-0.39, 0.29) is 0 Å². The van der Waals surface area contributed by atoms with Crippen LogP contribution in [0.5, 0.6) is 0 Å². The Morgan fingerprint density at radius 1 is 1.55 bits per heavy atom. The molecule has 2 rings (SSSR count). The van der Waals surface area contributed by atoms with Crippen LogP contribution in [0.15, 0.2) is 24.5 Å². The number of aromatic amines is 1. The first-order valence-electron chi connectivity index (χ1n) is 3.53. The van der Waals surface area contributed by atoms with Crippen LogP contribution in [0.1, 0.15) is 5.56 Å². The maximum atomic E-state index is 5.51. The van der Waals surface area contributed by atoms with Gasteiger partial charge >= 0.3 is 0 Å². The molecule has 3 nitrogen and oxygen atoms in total. The Kier molecular flexibility index (Phi) is 1.36. The van der Waals surface area contributed by atoms with Gasteiger partial charge in [-0.2, -0.15) is 0 Å². The van der Waals surface area contributed by atoms with Gasteiger partial charge in [0.1, 0.15) is 5.65 Å². The van der Waals surface area contributed by atoms with Gasteiger partial charge in [0.2, 0.25) is 0 Å². The van der Waals surface area contributed by atoms with Gasteiger partial charge in [-0.1, -0.05) is 0 Å². The molecule has 0 aromatic carbocycles. The molecule has 0 saturated carbocycles. The molecule has 11 heavy (non-hydrogen) atoms. The number of hydrogen-bond acceptors (Lipinski definition) is 2. The summed E-state index contributed by atoms with van der Waals surface area (Å²) in [6.07, 6.45) is 3.66. The molecule has 0 aliphatic rings. The van der Waals surface area contributed by atoms with Crippen molar-refractivity contribution in [1.82, 2.24) is 9.97 Å². The van der Waals surface area contributed by atoms with Crippen LogP contribution in [0.25, 0.3) is 11.0 Å². The molecular weight excluding hydrogens is 138 g/mol. The third kappa shape index (κ3) is 0.897. The van der Waals surface area contributed by atoms with Gasteiger partial charge in [-0.05, 0) is 17.7 Å². The highest BCUT2D eigenvalue weighted by Gasteiger charge is 1.99. The van der Waals surface area contributed by atoms with Gasteiger partial charge in [0.25, 0.3) is 0 Å². The Morgan fingerprint density at radius 2 is 2.45 bits per heavy atom. The van der Waals surface area contributed by atoms with E-state index in [9.17, 15) is 0 Å². The Hall–Kier alpha value is -1.35. The van der Waals surface area contributed by atoms with Crippen LogP contribution < -0.4 is 5.73 Å². The second-order valence-corrected chi connectivity index (χ2v) is 2.42. The molecule has 0 saturated heterocycles. The minimum absolute atomic E-state index is 0.561. The van der Waals surface area contributed by atoms with E-state index >= 15 is 0 Å². The number of rotatable bonds is 1. The van der Waals surface area contributed by atoms with Crippen LogP contribution in [0, 0.1) is 0 Å². The van der Waals surface area contributed by atoms with Crippen LogP contribution in [-0.4, -0.2) is 9.97 Å². The molecule has 2 aromatic rings. The molecule has 0 radical (unpaired) electrons. The smallest absolute Gasteiger partial charge is 0.137 e. The van der Waals surface area contributed by atoms with E-state index < -0.39 is 0 Å². The van der Waals surface area contributed by atoms with Crippen molar-refractivity contribution in [3.8, 4) is 0 Å². The van der Waals surface area contributed by atoms with E-state index in [4.69, 9.17) is 5.73 Å². The van der Waals surface area contributed by atoms with E-state index in [1.807, 2.05) is 18.3 Å². The number of aromatic nitrogens is 2. The zero-order valence-electron chi connectivity index (χ0n) is 6.04. The summed E-state index contributed by atoms with van der Waals surface area (Å²) in [6.45, 7) is 0.561. The van der Waals surface area contributed by atoms with Crippen molar-refractivity contribution in [2.75, 3.05) is 0 Å². The van der Waals surface area contributed by atoms with Crippen molar-refractivity contribution in [2.24, 2.45) is 5.73 Å². The van der Waals surface area contributed by atoms with Crippen LogP contribution in [0.4, 0.5) is 0 Å². The van der Waals surface area contributed by atoms with Gasteiger partial charge in [0.15, 0.2) is 0 Å². The van der Waals surface area contributed by atoms with Crippen molar-refractivity contribution in [3.63, 3.8) is 0 Å². The summed E-state index contributed by atoms with van der Waals surface area (Å²) in [5.41, 5.74) is 7.54. The third-order valence-corrected chi connectivity index (χ3v) is 1.76. The lowest BCUT2D eigenvalue weighted by Gasteiger charge is -1.90. The Labute approximate surface area is 64.2 Å². The molecule has 0 amide bonds. The normalized spacial score (nSPS) is 10.6. The highest BCUT2D eigenvalue weighted by molar-refractivity contribution is 5.79. The summed E-state index contributed by atoms with van der Waals surface area (Å²) in [6, 6.07) is 3.93. The summed E-state index contributed by atoms with van der Waals surface area (Å²) in [4.78, 5) is 7.19. The number of nitrogens with two attached hydrogens (primary N) is 1. The summed E-state index contributed by atoms with van der Waals surface area (Å²) >= 11 is 0. The molecule has 0 unspecified atom stereocenters. The second-order valence-electron chi connectivity index (χ2n) is 2.42. The van der Waals surface area contributed by atoms with E-state index in [1.165, 1.54) is 0 Å². The monoisotopic (exact) mass is 147 g/mol. The molecule has 2 heterocycles. The molecule has 0 atom stereocenters. The highest BCUT2D eigenvalue weighted by atomic mass is 14.8. The molecule has 3 N–H and O–H groups in total. The summed E-state index contributed by atoms with van der Waals surface area (Å²) in [5.74, 6) is 0. The van der Waals surface area contributed by atoms with Gasteiger partial charge in [-0.25, -0.2) is 4.98 Å². The van der Waals surface area contributed by atoms with E-state index in [0.29, 0.717) is 6.54 Å². The van der Waals surface area contributed by atoms with E-state index in [2.05, 4.69) is 9.97 Å². The maximum Gasteiger partial charge on any atom is 0.137 e. The van der Waals surface area contributed by atoms with E-state index in [1.54, 1.807) is 6.20 Å².